The largest absolute Gasteiger partial charge is 0.478 e. The van der Waals surface area contributed by atoms with E-state index in [0.29, 0.717) is 16.7 Å². The maximum Gasteiger partial charge on any atom is 0.338 e. The van der Waals surface area contributed by atoms with Gasteiger partial charge >= 0.3 is 11.9 Å². The summed E-state index contributed by atoms with van der Waals surface area (Å²) in [6, 6.07) is 10.3. The number of aromatic carboxylic acids is 1. The average Bonchev–Trinajstić information content (AvgIpc) is 2.46. The van der Waals surface area contributed by atoms with Crippen molar-refractivity contribution < 1.29 is 23.8 Å². The van der Waals surface area contributed by atoms with Crippen LogP contribution < -0.4 is 0 Å². The zero-order chi connectivity index (χ0) is 14.7. The van der Waals surface area contributed by atoms with Crippen molar-refractivity contribution in [3.8, 4) is 11.1 Å². The van der Waals surface area contributed by atoms with Crippen molar-refractivity contribution in [3.63, 3.8) is 0 Å². The van der Waals surface area contributed by atoms with Gasteiger partial charge in [0, 0.05) is 0 Å². The summed E-state index contributed by atoms with van der Waals surface area (Å²) in [5, 5.41) is 8.76. The minimum absolute atomic E-state index is 0.375. The molecule has 0 saturated heterocycles. The molecule has 0 aromatic heterocycles. The van der Waals surface area contributed by atoms with Gasteiger partial charge in [0.25, 0.3) is 0 Å². The molecule has 0 saturated carbocycles. The summed E-state index contributed by atoms with van der Waals surface area (Å²) in [5.41, 5.74) is 1.22. The van der Waals surface area contributed by atoms with Crippen LogP contribution >= 0.6 is 0 Å². The second-order valence-corrected chi connectivity index (χ2v) is 4.07. The highest BCUT2D eigenvalue weighted by molar-refractivity contribution is 5.90. The molecular weight excluding hydrogens is 263 g/mol. The average molecular weight is 274 g/mol. The Kier molecular flexibility index (Phi) is 3.79. The number of hydrogen-bond acceptors (Lipinski definition) is 3. The first-order valence-electron chi connectivity index (χ1n) is 5.74. The fraction of sp³-hybridized carbons (Fsp3) is 0.0667. The number of benzene rings is 2. The van der Waals surface area contributed by atoms with Gasteiger partial charge in [-0.25, -0.2) is 14.0 Å². The molecule has 0 aliphatic carbocycles. The first-order valence-corrected chi connectivity index (χ1v) is 5.74. The topological polar surface area (TPSA) is 63.6 Å². The minimum atomic E-state index is -1.31. The van der Waals surface area contributed by atoms with Crippen molar-refractivity contribution in [1.29, 1.82) is 0 Å². The summed E-state index contributed by atoms with van der Waals surface area (Å²) >= 11 is 0. The van der Waals surface area contributed by atoms with Crippen LogP contribution in [0.4, 0.5) is 4.39 Å². The van der Waals surface area contributed by atoms with Gasteiger partial charge in [0.05, 0.1) is 18.2 Å². The Morgan fingerprint density at radius 2 is 1.65 bits per heavy atom. The van der Waals surface area contributed by atoms with Gasteiger partial charge in [0.1, 0.15) is 5.82 Å². The monoisotopic (exact) mass is 274 g/mol. The van der Waals surface area contributed by atoms with E-state index in [-0.39, 0.29) is 5.56 Å². The second-order valence-electron chi connectivity index (χ2n) is 4.07. The number of esters is 1. The smallest absolute Gasteiger partial charge is 0.338 e. The lowest BCUT2D eigenvalue weighted by Crippen LogP contribution is -2.01. The molecular formula is C15H11FO4. The van der Waals surface area contributed by atoms with Crippen molar-refractivity contribution in [1.82, 2.24) is 0 Å². The van der Waals surface area contributed by atoms with Gasteiger partial charge in [-0.05, 0) is 35.4 Å². The molecule has 0 heterocycles. The summed E-state index contributed by atoms with van der Waals surface area (Å²) < 4.78 is 18.2. The lowest BCUT2D eigenvalue weighted by Gasteiger charge is -2.05. The van der Waals surface area contributed by atoms with E-state index in [4.69, 9.17) is 5.11 Å². The predicted octanol–water partition coefficient (Wildman–Crippen LogP) is 2.98. The standard InChI is InChI=1S/C15H11FO4/c1-20-15(19)10-4-2-9(3-5-10)11-6-7-12(14(17)18)13(16)8-11/h2-8H,1H3,(H,17,18). The molecule has 0 spiro atoms. The molecule has 5 heteroatoms. The lowest BCUT2D eigenvalue weighted by molar-refractivity contribution is 0.0599. The summed E-state index contributed by atoms with van der Waals surface area (Å²) in [5.74, 6) is -2.56. The molecule has 2 rings (SSSR count). The highest BCUT2D eigenvalue weighted by atomic mass is 19.1. The van der Waals surface area contributed by atoms with Crippen LogP contribution in [-0.4, -0.2) is 24.2 Å². The zero-order valence-corrected chi connectivity index (χ0v) is 10.6. The molecule has 0 fully saturated rings. The highest BCUT2D eigenvalue weighted by Crippen LogP contribution is 2.22. The first kappa shape index (κ1) is 13.7. The van der Waals surface area contributed by atoms with E-state index >= 15 is 0 Å². The van der Waals surface area contributed by atoms with Crippen LogP contribution in [0.5, 0.6) is 0 Å². The molecule has 102 valence electrons. The summed E-state index contributed by atoms with van der Waals surface area (Å²) in [4.78, 5) is 22.0. The molecule has 4 nitrogen and oxygen atoms in total. The first-order chi connectivity index (χ1) is 9.52. The van der Waals surface area contributed by atoms with E-state index in [1.54, 1.807) is 24.3 Å². The molecule has 0 amide bonds. The van der Waals surface area contributed by atoms with E-state index in [2.05, 4.69) is 4.74 Å². The molecule has 0 aliphatic rings. The normalized spacial score (nSPS) is 10.1. The van der Waals surface area contributed by atoms with Crippen LogP contribution in [0.1, 0.15) is 20.7 Å². The minimum Gasteiger partial charge on any atom is -0.478 e. The summed E-state index contributed by atoms with van der Waals surface area (Å²) in [6.45, 7) is 0. The van der Waals surface area contributed by atoms with Crippen molar-refractivity contribution in [2.45, 2.75) is 0 Å². The molecule has 1 N–H and O–H groups in total. The molecule has 2 aromatic rings. The van der Waals surface area contributed by atoms with Crippen LogP contribution in [0.3, 0.4) is 0 Å². The molecule has 0 unspecified atom stereocenters. The number of carbonyl (C=O) groups excluding carboxylic acids is 1. The third kappa shape index (κ3) is 2.66. The van der Waals surface area contributed by atoms with E-state index < -0.39 is 17.8 Å². The maximum atomic E-state index is 13.6. The van der Waals surface area contributed by atoms with Crippen molar-refractivity contribution in [3.05, 3.63) is 59.4 Å². The number of carboxylic acid groups (broad SMARTS) is 1. The zero-order valence-electron chi connectivity index (χ0n) is 10.6. The molecule has 0 atom stereocenters. The van der Waals surface area contributed by atoms with Gasteiger partial charge in [-0.1, -0.05) is 18.2 Å². The molecule has 0 radical (unpaired) electrons. The van der Waals surface area contributed by atoms with Crippen LogP contribution in [0.2, 0.25) is 0 Å². The number of carbonyl (C=O) groups is 2. The number of ether oxygens (including phenoxy) is 1. The van der Waals surface area contributed by atoms with Gasteiger partial charge in [0.2, 0.25) is 0 Å². The number of hydrogen-bond donors (Lipinski definition) is 1. The van der Waals surface area contributed by atoms with Crippen LogP contribution in [-0.2, 0) is 4.74 Å². The SMILES string of the molecule is COC(=O)c1ccc(-c2ccc(C(=O)O)c(F)c2)cc1. The summed E-state index contributed by atoms with van der Waals surface area (Å²) in [7, 11) is 1.29. The van der Waals surface area contributed by atoms with Gasteiger partial charge in [0.15, 0.2) is 0 Å². The lowest BCUT2D eigenvalue weighted by atomic mass is 10.0. The Bertz CT molecular complexity index is 662. The molecule has 20 heavy (non-hydrogen) atoms. The van der Waals surface area contributed by atoms with E-state index in [0.717, 1.165) is 6.07 Å². The van der Waals surface area contributed by atoms with E-state index in [1.807, 2.05) is 0 Å². The van der Waals surface area contributed by atoms with E-state index in [1.165, 1.54) is 19.2 Å². The third-order valence-corrected chi connectivity index (χ3v) is 2.84. The van der Waals surface area contributed by atoms with Crippen molar-refractivity contribution in [2.75, 3.05) is 7.11 Å². The van der Waals surface area contributed by atoms with Gasteiger partial charge in [-0.2, -0.15) is 0 Å². The summed E-state index contributed by atoms with van der Waals surface area (Å²) in [6.07, 6.45) is 0. The number of methoxy groups -OCH3 is 1. The Hall–Kier alpha value is -2.69. The molecule has 2 aromatic carbocycles. The van der Waals surface area contributed by atoms with Crippen LogP contribution in [0, 0.1) is 5.82 Å². The van der Waals surface area contributed by atoms with Gasteiger partial charge < -0.3 is 9.84 Å². The van der Waals surface area contributed by atoms with Gasteiger partial charge in [-0.3, -0.25) is 0 Å². The Balaban J connectivity index is 2.35. The Morgan fingerprint density at radius 1 is 1.05 bits per heavy atom. The Labute approximate surface area is 114 Å². The van der Waals surface area contributed by atoms with Crippen LogP contribution in [0.25, 0.3) is 11.1 Å². The maximum absolute atomic E-state index is 13.6. The van der Waals surface area contributed by atoms with Crippen LogP contribution in [0.15, 0.2) is 42.5 Å². The third-order valence-electron chi connectivity index (χ3n) is 2.84. The van der Waals surface area contributed by atoms with Gasteiger partial charge in [-0.15, -0.1) is 0 Å². The molecule has 0 bridgehead atoms. The van der Waals surface area contributed by atoms with Crippen molar-refractivity contribution in [2.24, 2.45) is 0 Å². The van der Waals surface area contributed by atoms with Crippen molar-refractivity contribution >= 4 is 11.9 Å². The number of carboxylic acids is 1. The Morgan fingerprint density at radius 3 is 2.15 bits per heavy atom. The fourth-order valence-corrected chi connectivity index (χ4v) is 1.78. The second kappa shape index (κ2) is 5.52. The van der Waals surface area contributed by atoms with E-state index in [9.17, 15) is 14.0 Å². The molecule has 0 aliphatic heterocycles. The fourth-order valence-electron chi connectivity index (χ4n) is 1.78. The number of rotatable bonds is 3. The quantitative estimate of drug-likeness (QED) is 0.874. The number of halogens is 1. The predicted molar refractivity (Wildman–Crippen MR) is 70.1 cm³/mol. The highest BCUT2D eigenvalue weighted by Gasteiger charge is 2.11.